The number of likely N-dealkylation sites (tertiary alicyclic amines) is 1. The van der Waals surface area contributed by atoms with E-state index in [9.17, 15) is 24.9 Å². The fraction of sp³-hybridized carbons (Fsp3) is 0.429. The number of amides is 1. The molecular formula is C14H17NO5. The van der Waals surface area contributed by atoms with Crippen LogP contribution in [0.4, 0.5) is 0 Å². The van der Waals surface area contributed by atoms with Crippen LogP contribution in [0.1, 0.15) is 30.1 Å². The van der Waals surface area contributed by atoms with Crippen LogP contribution in [-0.2, 0) is 4.79 Å². The van der Waals surface area contributed by atoms with E-state index < -0.39 is 11.4 Å². The summed E-state index contributed by atoms with van der Waals surface area (Å²) in [5.74, 6) is -1.88. The fourth-order valence-electron chi connectivity index (χ4n) is 2.50. The maximum Gasteiger partial charge on any atom is 0.311 e. The number of benzene rings is 1. The number of carbonyl (C=O) groups is 2. The van der Waals surface area contributed by atoms with Gasteiger partial charge in [-0.1, -0.05) is 6.92 Å². The summed E-state index contributed by atoms with van der Waals surface area (Å²) >= 11 is 0. The number of nitrogens with zero attached hydrogens (tertiary/aromatic N) is 1. The van der Waals surface area contributed by atoms with Gasteiger partial charge in [-0.2, -0.15) is 0 Å². The monoisotopic (exact) mass is 279 g/mol. The van der Waals surface area contributed by atoms with Crippen molar-refractivity contribution in [2.45, 2.75) is 19.8 Å². The number of carboxylic acid groups (broad SMARTS) is 1. The van der Waals surface area contributed by atoms with E-state index in [2.05, 4.69) is 0 Å². The molecule has 1 aromatic rings. The molecule has 3 N–H and O–H groups in total. The SMILES string of the molecule is CCC1(C(=O)O)CCN(C(=O)c2ccc(O)c(O)c2)C1. The van der Waals surface area contributed by atoms with Crippen LogP contribution >= 0.6 is 0 Å². The molecule has 0 aromatic heterocycles. The number of aromatic hydroxyl groups is 2. The Balaban J connectivity index is 2.19. The van der Waals surface area contributed by atoms with Gasteiger partial charge in [0.1, 0.15) is 0 Å². The van der Waals surface area contributed by atoms with E-state index in [1.807, 2.05) is 0 Å². The highest BCUT2D eigenvalue weighted by Gasteiger charge is 2.44. The average Bonchev–Trinajstić information content (AvgIpc) is 2.87. The van der Waals surface area contributed by atoms with Crippen molar-refractivity contribution >= 4 is 11.9 Å². The van der Waals surface area contributed by atoms with Crippen LogP contribution in [-0.4, -0.2) is 45.2 Å². The highest BCUT2D eigenvalue weighted by molar-refractivity contribution is 5.95. The smallest absolute Gasteiger partial charge is 0.311 e. The molecule has 1 aliphatic rings. The van der Waals surface area contributed by atoms with Crippen LogP contribution in [0.15, 0.2) is 18.2 Å². The zero-order valence-corrected chi connectivity index (χ0v) is 11.2. The highest BCUT2D eigenvalue weighted by Crippen LogP contribution is 2.35. The minimum atomic E-state index is -0.885. The van der Waals surface area contributed by atoms with Crippen molar-refractivity contribution in [1.29, 1.82) is 0 Å². The number of hydrogen-bond acceptors (Lipinski definition) is 4. The Morgan fingerprint density at radius 1 is 1.30 bits per heavy atom. The molecule has 0 spiro atoms. The quantitative estimate of drug-likeness (QED) is 0.727. The number of phenolic OH excluding ortho intramolecular Hbond substituents is 2. The first-order valence-electron chi connectivity index (χ1n) is 6.44. The van der Waals surface area contributed by atoms with Gasteiger partial charge in [-0.3, -0.25) is 9.59 Å². The molecule has 6 nitrogen and oxygen atoms in total. The topological polar surface area (TPSA) is 98.1 Å². The molecule has 20 heavy (non-hydrogen) atoms. The molecule has 0 radical (unpaired) electrons. The van der Waals surface area contributed by atoms with Gasteiger partial charge >= 0.3 is 5.97 Å². The Morgan fingerprint density at radius 2 is 2.00 bits per heavy atom. The van der Waals surface area contributed by atoms with Crippen LogP contribution in [0, 0.1) is 5.41 Å². The predicted octanol–water partition coefficient (Wildman–Crippen LogP) is 1.42. The van der Waals surface area contributed by atoms with Gasteiger partial charge < -0.3 is 20.2 Å². The second-order valence-electron chi connectivity index (χ2n) is 5.12. The first kappa shape index (κ1) is 14.2. The third-order valence-electron chi connectivity index (χ3n) is 3.99. The van der Waals surface area contributed by atoms with Crippen molar-refractivity contribution < 1.29 is 24.9 Å². The maximum absolute atomic E-state index is 12.3. The van der Waals surface area contributed by atoms with Gasteiger partial charge in [0.05, 0.1) is 5.41 Å². The molecule has 1 heterocycles. The Morgan fingerprint density at radius 3 is 2.50 bits per heavy atom. The molecule has 2 rings (SSSR count). The third-order valence-corrected chi connectivity index (χ3v) is 3.99. The fourth-order valence-corrected chi connectivity index (χ4v) is 2.50. The molecule has 0 bridgehead atoms. The molecule has 1 atom stereocenters. The molecule has 1 unspecified atom stereocenters. The second kappa shape index (κ2) is 5.03. The maximum atomic E-state index is 12.3. The summed E-state index contributed by atoms with van der Waals surface area (Å²) in [5.41, 5.74) is -0.646. The van der Waals surface area contributed by atoms with Gasteiger partial charge in [0, 0.05) is 18.7 Å². The number of carbonyl (C=O) groups excluding carboxylic acids is 1. The highest BCUT2D eigenvalue weighted by atomic mass is 16.4. The average molecular weight is 279 g/mol. The first-order chi connectivity index (χ1) is 9.39. The van der Waals surface area contributed by atoms with Crippen LogP contribution in [0.3, 0.4) is 0 Å². The van der Waals surface area contributed by atoms with Crippen molar-refractivity contribution in [3.05, 3.63) is 23.8 Å². The summed E-state index contributed by atoms with van der Waals surface area (Å²) in [6, 6.07) is 3.83. The first-order valence-corrected chi connectivity index (χ1v) is 6.44. The summed E-state index contributed by atoms with van der Waals surface area (Å²) in [5, 5.41) is 27.9. The van der Waals surface area contributed by atoms with E-state index in [0.29, 0.717) is 19.4 Å². The van der Waals surface area contributed by atoms with Crippen LogP contribution < -0.4 is 0 Å². The van der Waals surface area contributed by atoms with Gasteiger partial charge in [0.2, 0.25) is 0 Å². The van der Waals surface area contributed by atoms with Gasteiger partial charge in [-0.25, -0.2) is 0 Å². The summed E-state index contributed by atoms with van der Waals surface area (Å²) in [7, 11) is 0. The van der Waals surface area contributed by atoms with Crippen molar-refractivity contribution in [3.63, 3.8) is 0 Å². The zero-order chi connectivity index (χ0) is 14.9. The van der Waals surface area contributed by atoms with Crippen molar-refractivity contribution in [1.82, 2.24) is 4.90 Å². The summed E-state index contributed by atoms with van der Waals surface area (Å²) in [6.07, 6.45) is 0.890. The molecule has 0 saturated carbocycles. The van der Waals surface area contributed by atoms with E-state index in [-0.39, 0.29) is 29.5 Å². The van der Waals surface area contributed by atoms with E-state index in [1.54, 1.807) is 6.92 Å². The summed E-state index contributed by atoms with van der Waals surface area (Å²) < 4.78 is 0. The van der Waals surface area contributed by atoms with Gasteiger partial charge in [-0.15, -0.1) is 0 Å². The van der Waals surface area contributed by atoms with E-state index in [0.717, 1.165) is 0 Å². The Hall–Kier alpha value is -2.24. The molecule has 1 fully saturated rings. The number of carboxylic acids is 1. The van der Waals surface area contributed by atoms with Crippen molar-refractivity contribution in [2.24, 2.45) is 5.41 Å². The lowest BCUT2D eigenvalue weighted by Crippen LogP contribution is -2.36. The molecule has 1 amide bonds. The third kappa shape index (κ3) is 2.29. The largest absolute Gasteiger partial charge is 0.504 e. The van der Waals surface area contributed by atoms with Gasteiger partial charge in [0.15, 0.2) is 11.5 Å². The number of phenols is 2. The predicted molar refractivity (Wildman–Crippen MR) is 70.7 cm³/mol. The van der Waals surface area contributed by atoms with Crippen LogP contribution in [0.25, 0.3) is 0 Å². The molecule has 0 aliphatic carbocycles. The summed E-state index contributed by atoms with van der Waals surface area (Å²) in [4.78, 5) is 25.1. The van der Waals surface area contributed by atoms with Crippen LogP contribution in [0.5, 0.6) is 11.5 Å². The molecule has 1 saturated heterocycles. The minimum absolute atomic E-state index is 0.166. The second-order valence-corrected chi connectivity index (χ2v) is 5.12. The number of hydrogen-bond donors (Lipinski definition) is 3. The Kier molecular flexibility index (Phi) is 3.57. The normalized spacial score (nSPS) is 21.9. The molecule has 108 valence electrons. The van der Waals surface area contributed by atoms with Gasteiger partial charge in [-0.05, 0) is 31.0 Å². The summed E-state index contributed by atoms with van der Waals surface area (Å²) in [6.45, 7) is 2.34. The molecule has 1 aromatic carbocycles. The molecule has 6 heteroatoms. The van der Waals surface area contributed by atoms with E-state index in [4.69, 9.17) is 0 Å². The number of rotatable bonds is 3. The van der Waals surface area contributed by atoms with E-state index >= 15 is 0 Å². The lowest BCUT2D eigenvalue weighted by molar-refractivity contribution is -0.148. The van der Waals surface area contributed by atoms with Crippen molar-refractivity contribution in [2.75, 3.05) is 13.1 Å². The van der Waals surface area contributed by atoms with Gasteiger partial charge in [0.25, 0.3) is 5.91 Å². The molecule has 1 aliphatic heterocycles. The minimum Gasteiger partial charge on any atom is -0.504 e. The Bertz CT molecular complexity index is 556. The van der Waals surface area contributed by atoms with Crippen LogP contribution in [0.2, 0.25) is 0 Å². The lowest BCUT2D eigenvalue weighted by atomic mass is 9.84. The van der Waals surface area contributed by atoms with Crippen molar-refractivity contribution in [3.8, 4) is 11.5 Å². The lowest BCUT2D eigenvalue weighted by Gasteiger charge is -2.23. The molecular weight excluding hydrogens is 262 g/mol. The van der Waals surface area contributed by atoms with E-state index in [1.165, 1.54) is 23.1 Å². The number of aliphatic carboxylic acids is 1. The standard InChI is InChI=1S/C14H17NO5/c1-2-14(13(19)20)5-6-15(8-14)12(18)9-3-4-10(16)11(17)7-9/h3-4,7,16-17H,2,5-6,8H2,1H3,(H,19,20). The zero-order valence-electron chi connectivity index (χ0n) is 11.2. The Labute approximate surface area is 116 Å².